The van der Waals surface area contributed by atoms with Crippen LogP contribution in [0, 0.1) is 0 Å². The van der Waals surface area contributed by atoms with Gasteiger partial charge in [-0.05, 0) is 45.3 Å². The van der Waals surface area contributed by atoms with Crippen molar-refractivity contribution in [3.05, 3.63) is 17.6 Å². The van der Waals surface area contributed by atoms with E-state index in [1.807, 2.05) is 13.8 Å². The molecule has 0 radical (unpaired) electrons. The monoisotopic (exact) mass is 389 g/mol. The normalized spacial score (nSPS) is 18.6. The molecule has 0 aromatic carbocycles. The molecule has 2 aliphatic heterocycles. The Bertz CT molecular complexity index is 540. The van der Waals surface area contributed by atoms with Gasteiger partial charge in [0.15, 0.2) is 0 Å². The van der Waals surface area contributed by atoms with Crippen molar-refractivity contribution >= 4 is 5.82 Å². The number of fused-ring (bicyclic) bond motifs is 1. The molecule has 2 aliphatic rings. The van der Waals surface area contributed by atoms with Gasteiger partial charge >= 0.3 is 0 Å². The quantitative estimate of drug-likeness (QED) is 0.704. The van der Waals surface area contributed by atoms with E-state index in [1.54, 1.807) is 6.33 Å². The van der Waals surface area contributed by atoms with Crippen LogP contribution < -0.4 is 4.90 Å². The SMILES string of the molecule is CC.CCCCN1CCCc2c(ncnc2N2CCN(CCCC)CC2)CC1. The Hall–Kier alpha value is -1.20. The number of rotatable bonds is 7. The van der Waals surface area contributed by atoms with Crippen molar-refractivity contribution in [1.29, 1.82) is 0 Å². The maximum absolute atomic E-state index is 4.73. The van der Waals surface area contributed by atoms with Crippen molar-refractivity contribution in [2.75, 3.05) is 57.3 Å². The van der Waals surface area contributed by atoms with E-state index < -0.39 is 0 Å². The van der Waals surface area contributed by atoms with Crippen molar-refractivity contribution in [2.45, 2.75) is 72.6 Å². The first-order valence-electron chi connectivity index (χ1n) is 11.8. The van der Waals surface area contributed by atoms with Gasteiger partial charge < -0.3 is 9.80 Å². The van der Waals surface area contributed by atoms with Gasteiger partial charge in [0, 0.05) is 44.7 Å². The molecule has 0 bridgehead atoms. The number of aromatic nitrogens is 2. The van der Waals surface area contributed by atoms with E-state index in [0.29, 0.717) is 0 Å². The fourth-order valence-electron chi connectivity index (χ4n) is 4.21. The van der Waals surface area contributed by atoms with Gasteiger partial charge in [0.05, 0.1) is 5.69 Å². The van der Waals surface area contributed by atoms with Gasteiger partial charge in [0.1, 0.15) is 12.1 Å². The summed E-state index contributed by atoms with van der Waals surface area (Å²) in [6.45, 7) is 18.0. The number of anilines is 1. The van der Waals surface area contributed by atoms with Crippen LogP contribution in [0.4, 0.5) is 5.82 Å². The van der Waals surface area contributed by atoms with Gasteiger partial charge in [0.2, 0.25) is 0 Å². The molecule has 0 atom stereocenters. The Morgan fingerprint density at radius 3 is 2.07 bits per heavy atom. The summed E-state index contributed by atoms with van der Waals surface area (Å²) in [6, 6.07) is 0. The molecule has 1 aromatic heterocycles. The predicted octanol–water partition coefficient (Wildman–Crippen LogP) is 4.02. The Morgan fingerprint density at radius 2 is 1.43 bits per heavy atom. The average molecular weight is 390 g/mol. The molecule has 5 nitrogen and oxygen atoms in total. The van der Waals surface area contributed by atoms with E-state index >= 15 is 0 Å². The van der Waals surface area contributed by atoms with Gasteiger partial charge in [-0.2, -0.15) is 0 Å². The van der Waals surface area contributed by atoms with Crippen LogP contribution >= 0.6 is 0 Å². The summed E-state index contributed by atoms with van der Waals surface area (Å²) in [5, 5.41) is 0. The van der Waals surface area contributed by atoms with E-state index in [9.17, 15) is 0 Å². The molecule has 1 aromatic rings. The lowest BCUT2D eigenvalue weighted by atomic mass is 10.0. The Kier molecular flexibility index (Phi) is 10.8. The molecule has 5 heteroatoms. The van der Waals surface area contributed by atoms with Crippen molar-refractivity contribution in [2.24, 2.45) is 0 Å². The highest BCUT2D eigenvalue weighted by atomic mass is 15.3. The molecular weight excluding hydrogens is 346 g/mol. The minimum absolute atomic E-state index is 1.07. The van der Waals surface area contributed by atoms with Gasteiger partial charge in [0.25, 0.3) is 0 Å². The summed E-state index contributed by atoms with van der Waals surface area (Å²) in [5.41, 5.74) is 2.73. The molecule has 1 fully saturated rings. The van der Waals surface area contributed by atoms with Crippen LogP contribution in [0.1, 0.15) is 71.1 Å². The first-order chi connectivity index (χ1) is 13.8. The van der Waals surface area contributed by atoms with Gasteiger partial charge in [-0.1, -0.05) is 40.5 Å². The molecule has 0 saturated carbocycles. The van der Waals surface area contributed by atoms with E-state index in [0.717, 1.165) is 32.5 Å². The number of hydrogen-bond acceptors (Lipinski definition) is 5. The third-order valence-electron chi connectivity index (χ3n) is 5.91. The first kappa shape index (κ1) is 23.1. The maximum Gasteiger partial charge on any atom is 0.135 e. The van der Waals surface area contributed by atoms with E-state index in [-0.39, 0.29) is 0 Å². The minimum Gasteiger partial charge on any atom is -0.354 e. The Labute approximate surface area is 173 Å². The molecule has 3 heterocycles. The second kappa shape index (κ2) is 13.1. The first-order valence-corrected chi connectivity index (χ1v) is 11.8. The summed E-state index contributed by atoms with van der Waals surface area (Å²) in [5.74, 6) is 1.23. The van der Waals surface area contributed by atoms with Gasteiger partial charge in [-0.15, -0.1) is 0 Å². The van der Waals surface area contributed by atoms with Crippen LogP contribution in [0.15, 0.2) is 6.33 Å². The summed E-state index contributed by atoms with van der Waals surface area (Å²) in [6.07, 6.45) is 10.4. The Morgan fingerprint density at radius 1 is 0.786 bits per heavy atom. The topological polar surface area (TPSA) is 35.5 Å². The second-order valence-electron chi connectivity index (χ2n) is 7.85. The predicted molar refractivity (Wildman–Crippen MR) is 120 cm³/mol. The van der Waals surface area contributed by atoms with Gasteiger partial charge in [-0.3, -0.25) is 4.90 Å². The number of piperazine rings is 1. The van der Waals surface area contributed by atoms with Crippen molar-refractivity contribution in [3.8, 4) is 0 Å². The second-order valence-corrected chi connectivity index (χ2v) is 7.85. The van der Waals surface area contributed by atoms with Crippen molar-refractivity contribution in [3.63, 3.8) is 0 Å². The molecule has 0 aliphatic carbocycles. The molecule has 1 saturated heterocycles. The summed E-state index contributed by atoms with van der Waals surface area (Å²) >= 11 is 0. The third-order valence-corrected chi connectivity index (χ3v) is 5.91. The summed E-state index contributed by atoms with van der Waals surface area (Å²) in [7, 11) is 0. The molecule has 3 rings (SSSR count). The van der Waals surface area contributed by atoms with Crippen LogP contribution in [0.5, 0.6) is 0 Å². The van der Waals surface area contributed by atoms with Crippen LogP contribution in [0.25, 0.3) is 0 Å². The molecular formula is C23H43N5. The van der Waals surface area contributed by atoms with Crippen LogP contribution in [0.3, 0.4) is 0 Å². The van der Waals surface area contributed by atoms with E-state index in [4.69, 9.17) is 4.98 Å². The molecule has 160 valence electrons. The fraction of sp³-hybridized carbons (Fsp3) is 0.826. The van der Waals surface area contributed by atoms with Crippen molar-refractivity contribution in [1.82, 2.24) is 19.8 Å². The summed E-state index contributed by atoms with van der Waals surface area (Å²) in [4.78, 5) is 17.1. The lowest BCUT2D eigenvalue weighted by molar-refractivity contribution is 0.252. The highest BCUT2D eigenvalue weighted by molar-refractivity contribution is 5.49. The van der Waals surface area contributed by atoms with Gasteiger partial charge in [-0.25, -0.2) is 9.97 Å². The third kappa shape index (κ3) is 6.70. The molecule has 0 amide bonds. The standard InChI is InChI=1S/C21H37N5.C2H6/c1-3-5-10-24-12-7-8-19-20(9-13-24)22-18-23-21(19)26-16-14-25(15-17-26)11-6-4-2;1-2/h18H,3-17H2,1-2H3;1-2H3. The zero-order valence-electron chi connectivity index (χ0n) is 18.9. The smallest absolute Gasteiger partial charge is 0.135 e. The number of hydrogen-bond donors (Lipinski definition) is 0. The van der Waals surface area contributed by atoms with Crippen LogP contribution in [-0.2, 0) is 12.8 Å². The highest BCUT2D eigenvalue weighted by Gasteiger charge is 2.23. The summed E-state index contributed by atoms with van der Waals surface area (Å²) < 4.78 is 0. The largest absolute Gasteiger partial charge is 0.354 e. The van der Waals surface area contributed by atoms with Crippen LogP contribution in [0.2, 0.25) is 0 Å². The zero-order chi connectivity index (χ0) is 20.2. The zero-order valence-corrected chi connectivity index (χ0v) is 18.9. The molecule has 0 spiro atoms. The lowest BCUT2D eigenvalue weighted by Crippen LogP contribution is -2.47. The molecule has 0 unspecified atom stereocenters. The lowest BCUT2D eigenvalue weighted by Gasteiger charge is -2.36. The van der Waals surface area contributed by atoms with E-state index in [2.05, 4.69) is 33.5 Å². The number of nitrogens with zero attached hydrogens (tertiary/aromatic N) is 5. The van der Waals surface area contributed by atoms with Crippen molar-refractivity contribution < 1.29 is 0 Å². The maximum atomic E-state index is 4.73. The average Bonchev–Trinajstić information content (AvgIpc) is 2.74. The minimum atomic E-state index is 1.07. The highest BCUT2D eigenvalue weighted by Crippen LogP contribution is 2.25. The molecule has 0 N–H and O–H groups in total. The Balaban J connectivity index is 0.00000136. The van der Waals surface area contributed by atoms with E-state index in [1.165, 1.54) is 81.9 Å². The molecule has 28 heavy (non-hydrogen) atoms. The van der Waals surface area contributed by atoms with Crippen LogP contribution in [-0.4, -0.2) is 72.1 Å². The number of unbranched alkanes of at least 4 members (excludes halogenated alkanes) is 2. The fourth-order valence-corrected chi connectivity index (χ4v) is 4.21.